The fourth-order valence-corrected chi connectivity index (χ4v) is 2.82. The first-order valence-corrected chi connectivity index (χ1v) is 6.65. The molecule has 0 spiro atoms. The first-order chi connectivity index (χ1) is 7.55. The van der Waals surface area contributed by atoms with E-state index in [0.29, 0.717) is 13.2 Å². The first-order valence-electron chi connectivity index (χ1n) is 5.66. The van der Waals surface area contributed by atoms with E-state index >= 15 is 0 Å². The van der Waals surface area contributed by atoms with Crippen LogP contribution in [0.2, 0.25) is 0 Å². The molecule has 0 radical (unpaired) electrons. The lowest BCUT2D eigenvalue weighted by molar-refractivity contribution is -0.130. The molecule has 0 aromatic rings. The number of hydrogen-bond acceptors (Lipinski definition) is 4. The van der Waals surface area contributed by atoms with E-state index in [1.54, 1.807) is 7.11 Å². The summed E-state index contributed by atoms with van der Waals surface area (Å²) in [5.41, 5.74) is 0. The molecule has 6 heteroatoms. The van der Waals surface area contributed by atoms with Crippen LogP contribution in [0.5, 0.6) is 0 Å². The summed E-state index contributed by atoms with van der Waals surface area (Å²) in [4.78, 5) is 13.8. The predicted octanol–water partition coefficient (Wildman–Crippen LogP) is 0.998. The summed E-state index contributed by atoms with van der Waals surface area (Å²) in [6.07, 6.45) is 0. The van der Waals surface area contributed by atoms with Gasteiger partial charge in [0.05, 0.1) is 13.2 Å². The van der Waals surface area contributed by atoms with Gasteiger partial charge in [0, 0.05) is 37.2 Å². The molecule has 1 saturated heterocycles. The van der Waals surface area contributed by atoms with Crippen LogP contribution in [0.25, 0.3) is 0 Å². The highest BCUT2D eigenvalue weighted by Gasteiger charge is 2.29. The normalized spacial score (nSPS) is 18.6. The van der Waals surface area contributed by atoms with Crippen LogP contribution in [0.3, 0.4) is 0 Å². The maximum atomic E-state index is 11.9. The maximum absolute atomic E-state index is 11.9. The molecule has 0 aromatic carbocycles. The van der Waals surface area contributed by atoms with Crippen LogP contribution >= 0.6 is 24.2 Å². The summed E-state index contributed by atoms with van der Waals surface area (Å²) in [6.45, 7) is 7.90. The van der Waals surface area contributed by atoms with Crippen LogP contribution in [-0.4, -0.2) is 61.2 Å². The Labute approximate surface area is 114 Å². The third kappa shape index (κ3) is 6.50. The number of hydrogen-bond donors (Lipinski definition) is 1. The van der Waals surface area contributed by atoms with Gasteiger partial charge in [-0.1, -0.05) is 0 Å². The van der Waals surface area contributed by atoms with E-state index in [4.69, 9.17) is 4.74 Å². The molecule has 1 fully saturated rings. The molecule has 1 heterocycles. The second-order valence-electron chi connectivity index (χ2n) is 4.59. The number of rotatable bonds is 5. The minimum absolute atomic E-state index is 0. The van der Waals surface area contributed by atoms with E-state index in [0.717, 1.165) is 25.4 Å². The zero-order valence-corrected chi connectivity index (χ0v) is 12.5. The van der Waals surface area contributed by atoms with Gasteiger partial charge < -0.3 is 15.0 Å². The third-order valence-electron chi connectivity index (χ3n) is 2.54. The Kier molecular flexibility index (Phi) is 8.20. The van der Waals surface area contributed by atoms with E-state index in [9.17, 15) is 4.79 Å². The van der Waals surface area contributed by atoms with Crippen LogP contribution in [-0.2, 0) is 9.53 Å². The fraction of sp³-hybridized carbons (Fsp3) is 0.909. The number of ether oxygens (including phenoxy) is 1. The van der Waals surface area contributed by atoms with Crippen LogP contribution in [0, 0.1) is 0 Å². The number of amides is 1. The summed E-state index contributed by atoms with van der Waals surface area (Å²) in [5.74, 6) is 1.24. The minimum Gasteiger partial charge on any atom is -0.383 e. The van der Waals surface area contributed by atoms with Crippen molar-refractivity contribution in [3.05, 3.63) is 0 Å². The van der Waals surface area contributed by atoms with Gasteiger partial charge in [-0.3, -0.25) is 4.79 Å². The molecule has 1 aliphatic rings. The van der Waals surface area contributed by atoms with Crippen molar-refractivity contribution in [1.82, 2.24) is 10.2 Å². The van der Waals surface area contributed by atoms with Gasteiger partial charge >= 0.3 is 0 Å². The van der Waals surface area contributed by atoms with Crippen molar-refractivity contribution >= 4 is 30.1 Å². The average Bonchev–Trinajstić information content (AvgIpc) is 2.22. The van der Waals surface area contributed by atoms with Crippen molar-refractivity contribution in [2.75, 3.05) is 45.6 Å². The monoisotopic (exact) mass is 282 g/mol. The Morgan fingerprint density at radius 3 is 2.82 bits per heavy atom. The molecule has 0 aromatic heterocycles. The van der Waals surface area contributed by atoms with E-state index in [1.165, 1.54) is 0 Å². The second-order valence-corrected chi connectivity index (χ2v) is 6.40. The highest BCUT2D eigenvalue weighted by Crippen LogP contribution is 2.29. The van der Waals surface area contributed by atoms with Crippen molar-refractivity contribution in [2.24, 2.45) is 0 Å². The van der Waals surface area contributed by atoms with Gasteiger partial charge in [0.2, 0.25) is 5.91 Å². The third-order valence-corrected chi connectivity index (χ3v) is 3.83. The van der Waals surface area contributed by atoms with E-state index in [2.05, 4.69) is 19.2 Å². The number of carbonyl (C=O) groups excluding carboxylic acids is 1. The molecule has 0 atom stereocenters. The number of thioether (sulfide) groups is 1. The fourth-order valence-electron chi connectivity index (χ4n) is 1.71. The van der Waals surface area contributed by atoms with E-state index in [1.807, 2.05) is 16.7 Å². The molecule has 1 amide bonds. The molecular formula is C11H23ClN2O2S. The summed E-state index contributed by atoms with van der Waals surface area (Å²) in [5, 5.41) is 3.09. The standard InChI is InChI=1S/C11H22N2O2S.ClH/c1-11(2)9-13(5-7-16-11)10(14)8-12-4-6-15-3;/h12H,4-9H2,1-3H3;1H. The lowest BCUT2D eigenvalue weighted by atomic mass is 10.2. The van der Waals surface area contributed by atoms with Crippen molar-refractivity contribution in [2.45, 2.75) is 18.6 Å². The van der Waals surface area contributed by atoms with Crippen molar-refractivity contribution < 1.29 is 9.53 Å². The van der Waals surface area contributed by atoms with Crippen LogP contribution in [0.15, 0.2) is 0 Å². The molecule has 102 valence electrons. The SMILES string of the molecule is COCCNCC(=O)N1CCSC(C)(C)C1.Cl. The summed E-state index contributed by atoms with van der Waals surface area (Å²) < 4.78 is 5.11. The Balaban J connectivity index is 0.00000256. The lowest BCUT2D eigenvalue weighted by Crippen LogP contribution is -2.49. The van der Waals surface area contributed by atoms with Crippen molar-refractivity contribution in [1.29, 1.82) is 0 Å². The molecule has 0 bridgehead atoms. The number of nitrogens with one attached hydrogen (secondary N) is 1. The summed E-state index contributed by atoms with van der Waals surface area (Å²) >= 11 is 1.94. The average molecular weight is 283 g/mol. The highest BCUT2D eigenvalue weighted by molar-refractivity contribution is 8.00. The second kappa shape index (κ2) is 8.19. The minimum atomic E-state index is 0. The highest BCUT2D eigenvalue weighted by atomic mass is 35.5. The Morgan fingerprint density at radius 1 is 1.53 bits per heavy atom. The van der Waals surface area contributed by atoms with Gasteiger partial charge in [0.15, 0.2) is 0 Å². The molecule has 1 aliphatic heterocycles. The van der Waals surface area contributed by atoms with Gasteiger partial charge in [-0.2, -0.15) is 11.8 Å². The van der Waals surface area contributed by atoms with Crippen LogP contribution in [0.4, 0.5) is 0 Å². The van der Waals surface area contributed by atoms with E-state index in [-0.39, 0.29) is 23.1 Å². The number of halogens is 1. The van der Waals surface area contributed by atoms with Gasteiger partial charge in [-0.05, 0) is 13.8 Å². The first kappa shape index (κ1) is 17.0. The summed E-state index contributed by atoms with van der Waals surface area (Å²) in [7, 11) is 1.66. The molecule has 0 unspecified atom stereocenters. The van der Waals surface area contributed by atoms with Crippen molar-refractivity contribution in [3.63, 3.8) is 0 Å². The molecule has 17 heavy (non-hydrogen) atoms. The van der Waals surface area contributed by atoms with Gasteiger partial charge in [0.1, 0.15) is 0 Å². The molecule has 0 saturated carbocycles. The molecule has 0 aliphatic carbocycles. The largest absolute Gasteiger partial charge is 0.383 e. The zero-order chi connectivity index (χ0) is 12.0. The predicted molar refractivity (Wildman–Crippen MR) is 75.1 cm³/mol. The number of nitrogens with zero attached hydrogens (tertiary/aromatic N) is 1. The Bertz CT molecular complexity index is 240. The zero-order valence-electron chi connectivity index (χ0n) is 10.8. The quantitative estimate of drug-likeness (QED) is 0.764. The van der Waals surface area contributed by atoms with Crippen molar-refractivity contribution in [3.8, 4) is 0 Å². The van der Waals surface area contributed by atoms with Gasteiger partial charge in [-0.15, -0.1) is 12.4 Å². The van der Waals surface area contributed by atoms with Gasteiger partial charge in [0.25, 0.3) is 0 Å². The summed E-state index contributed by atoms with van der Waals surface area (Å²) in [6, 6.07) is 0. The molecule has 1 rings (SSSR count). The molecular weight excluding hydrogens is 260 g/mol. The van der Waals surface area contributed by atoms with Gasteiger partial charge in [-0.25, -0.2) is 0 Å². The smallest absolute Gasteiger partial charge is 0.236 e. The van der Waals surface area contributed by atoms with Crippen LogP contribution < -0.4 is 5.32 Å². The molecule has 1 N–H and O–H groups in total. The topological polar surface area (TPSA) is 41.6 Å². The van der Waals surface area contributed by atoms with E-state index < -0.39 is 0 Å². The number of carbonyl (C=O) groups is 1. The number of methoxy groups -OCH3 is 1. The maximum Gasteiger partial charge on any atom is 0.236 e. The molecule has 4 nitrogen and oxygen atoms in total. The van der Waals surface area contributed by atoms with Crippen LogP contribution in [0.1, 0.15) is 13.8 Å². The Morgan fingerprint density at radius 2 is 2.24 bits per heavy atom. The lowest BCUT2D eigenvalue weighted by Gasteiger charge is -2.37. The Hall–Kier alpha value is 0.0300.